The van der Waals surface area contributed by atoms with E-state index in [9.17, 15) is 23.1 Å². The third kappa shape index (κ3) is 2.89. The Morgan fingerprint density at radius 3 is 2.79 bits per heavy atom. The smallest absolute Gasteiger partial charge is 0.410 e. The molecule has 0 bridgehead atoms. The van der Waals surface area contributed by atoms with E-state index in [1.807, 2.05) is 0 Å². The molecule has 1 aromatic heterocycles. The lowest BCUT2D eigenvalue weighted by Gasteiger charge is -2.33. The molecule has 9 heteroatoms. The molecule has 0 spiro atoms. The number of carboxylic acid groups (broad SMARTS) is 1. The van der Waals surface area contributed by atoms with E-state index in [1.54, 1.807) is 24.3 Å². The number of rotatable bonds is 3. The lowest BCUT2D eigenvalue weighted by atomic mass is 9.97. The summed E-state index contributed by atoms with van der Waals surface area (Å²) in [4.78, 5) is 10.9. The first-order valence-corrected chi connectivity index (χ1v) is 7.07. The van der Waals surface area contributed by atoms with Crippen LogP contribution in [0.2, 0.25) is 0 Å². The van der Waals surface area contributed by atoms with Crippen LogP contribution in [-0.4, -0.2) is 29.0 Å². The molecular weight excluding hydrogens is 327 g/mol. The second-order valence-corrected chi connectivity index (χ2v) is 5.41. The molecule has 0 amide bonds. The van der Waals surface area contributed by atoms with Crippen molar-refractivity contribution >= 4 is 11.8 Å². The van der Waals surface area contributed by atoms with E-state index < -0.39 is 29.9 Å². The van der Waals surface area contributed by atoms with Crippen LogP contribution in [0.15, 0.2) is 30.3 Å². The molecule has 1 N–H and O–H groups in total. The zero-order valence-electron chi connectivity index (χ0n) is 12.5. The summed E-state index contributed by atoms with van der Waals surface area (Å²) < 4.78 is 45.9. The molecule has 1 aliphatic rings. The molecule has 24 heavy (non-hydrogen) atoms. The Hall–Kier alpha value is -2.71. The summed E-state index contributed by atoms with van der Waals surface area (Å²) in [5.41, 5.74) is 0.0593. The predicted molar refractivity (Wildman–Crippen MR) is 75.6 cm³/mol. The molecule has 0 saturated heterocycles. The average molecular weight is 340 g/mol. The summed E-state index contributed by atoms with van der Waals surface area (Å²) in [6.45, 7) is 0. The number of anilines is 1. The topological polar surface area (TPSA) is 79.2 Å². The van der Waals surface area contributed by atoms with Crippen molar-refractivity contribution in [2.24, 2.45) is 0 Å². The van der Waals surface area contributed by atoms with Crippen molar-refractivity contribution < 1.29 is 27.8 Å². The molecule has 1 aromatic carbocycles. The van der Waals surface area contributed by atoms with Crippen molar-refractivity contribution in [1.82, 2.24) is 9.78 Å². The Morgan fingerprint density at radius 2 is 2.17 bits per heavy atom. The lowest BCUT2D eigenvalue weighted by molar-refractivity contribution is -0.255. The second kappa shape index (κ2) is 5.73. The van der Waals surface area contributed by atoms with Gasteiger partial charge >= 0.3 is 6.18 Å². The molecule has 2 atom stereocenters. The SMILES string of the molecule is COc1cccc([C@H]2C[C@H](C(F)(F)F)n3nc(C(=O)[O-])cc3N2)c1. The number of ether oxygens (including phenoxy) is 1. The van der Waals surface area contributed by atoms with Crippen LogP contribution in [0, 0.1) is 0 Å². The average Bonchev–Trinajstić information content (AvgIpc) is 2.97. The normalized spacial score (nSPS) is 20.2. The molecule has 0 unspecified atom stereocenters. The quantitative estimate of drug-likeness (QED) is 0.923. The maximum absolute atomic E-state index is 13.4. The van der Waals surface area contributed by atoms with E-state index in [0.717, 1.165) is 6.07 Å². The molecule has 0 saturated carbocycles. The van der Waals surface area contributed by atoms with Gasteiger partial charge in [-0.15, -0.1) is 0 Å². The minimum absolute atomic E-state index is 0.0180. The number of aromatic carboxylic acids is 1. The number of nitrogens with one attached hydrogen (secondary N) is 1. The van der Waals surface area contributed by atoms with Gasteiger partial charge in [0.25, 0.3) is 0 Å². The Labute approximate surface area is 134 Å². The Morgan fingerprint density at radius 1 is 1.42 bits per heavy atom. The molecule has 0 radical (unpaired) electrons. The Kier molecular flexibility index (Phi) is 3.86. The molecule has 1 aliphatic heterocycles. The summed E-state index contributed by atoms with van der Waals surface area (Å²) >= 11 is 0. The molecule has 0 aliphatic carbocycles. The number of benzene rings is 1. The van der Waals surface area contributed by atoms with Gasteiger partial charge in [0.1, 0.15) is 17.3 Å². The van der Waals surface area contributed by atoms with Gasteiger partial charge in [0.2, 0.25) is 0 Å². The Balaban J connectivity index is 2.02. The van der Waals surface area contributed by atoms with Crippen molar-refractivity contribution in [1.29, 1.82) is 0 Å². The predicted octanol–water partition coefficient (Wildman–Crippen LogP) is 1.92. The third-order valence-corrected chi connectivity index (χ3v) is 3.90. The van der Waals surface area contributed by atoms with Crippen LogP contribution in [0.1, 0.15) is 34.6 Å². The second-order valence-electron chi connectivity index (χ2n) is 5.41. The van der Waals surface area contributed by atoms with Gasteiger partial charge in [-0.25, -0.2) is 4.68 Å². The van der Waals surface area contributed by atoms with E-state index in [-0.39, 0.29) is 12.2 Å². The highest BCUT2D eigenvalue weighted by atomic mass is 19.4. The molecule has 2 heterocycles. The monoisotopic (exact) mass is 340 g/mol. The first-order valence-electron chi connectivity index (χ1n) is 7.07. The van der Waals surface area contributed by atoms with Crippen molar-refractivity contribution in [3.8, 4) is 5.75 Å². The van der Waals surface area contributed by atoms with Gasteiger partial charge in [-0.05, 0) is 17.7 Å². The van der Waals surface area contributed by atoms with Gasteiger partial charge in [0.05, 0.1) is 19.1 Å². The van der Waals surface area contributed by atoms with Crippen LogP contribution in [0.5, 0.6) is 5.75 Å². The standard InChI is InChI=1S/C15H14F3N3O3/c1-24-9-4-2-3-8(5-9)10-6-12(15(16,17)18)21-13(19-10)7-11(20-21)14(22)23/h2-5,7,10,12,19H,6H2,1H3,(H,22,23)/p-1/t10-,12-/m1/s1. The largest absolute Gasteiger partial charge is 0.543 e. The molecule has 128 valence electrons. The number of carbonyl (C=O) groups excluding carboxylic acids is 1. The summed E-state index contributed by atoms with van der Waals surface area (Å²) in [7, 11) is 1.47. The summed E-state index contributed by atoms with van der Waals surface area (Å²) in [6.07, 6.45) is -4.89. The number of hydrogen-bond acceptors (Lipinski definition) is 5. The van der Waals surface area contributed by atoms with Gasteiger partial charge < -0.3 is 20.0 Å². The zero-order valence-corrected chi connectivity index (χ0v) is 12.5. The van der Waals surface area contributed by atoms with Crippen molar-refractivity contribution in [2.75, 3.05) is 12.4 Å². The van der Waals surface area contributed by atoms with Crippen LogP contribution in [0.25, 0.3) is 0 Å². The van der Waals surface area contributed by atoms with Crippen molar-refractivity contribution in [2.45, 2.75) is 24.7 Å². The van der Waals surface area contributed by atoms with Gasteiger partial charge in [0.15, 0.2) is 6.04 Å². The van der Waals surface area contributed by atoms with E-state index in [4.69, 9.17) is 4.74 Å². The van der Waals surface area contributed by atoms with E-state index in [2.05, 4.69) is 10.4 Å². The minimum atomic E-state index is -4.57. The van der Waals surface area contributed by atoms with E-state index >= 15 is 0 Å². The Bertz CT molecular complexity index is 773. The fourth-order valence-corrected chi connectivity index (χ4v) is 2.75. The highest BCUT2D eigenvalue weighted by molar-refractivity contribution is 5.84. The summed E-state index contributed by atoms with van der Waals surface area (Å²) in [5.74, 6) is -1.12. The highest BCUT2D eigenvalue weighted by Gasteiger charge is 2.46. The number of carboxylic acids is 1. The summed E-state index contributed by atoms with van der Waals surface area (Å²) in [6, 6.07) is 5.13. The first-order chi connectivity index (χ1) is 11.3. The minimum Gasteiger partial charge on any atom is -0.543 e. The van der Waals surface area contributed by atoms with Gasteiger partial charge in [0, 0.05) is 12.5 Å². The number of aromatic nitrogens is 2. The van der Waals surface area contributed by atoms with E-state index in [1.165, 1.54) is 7.11 Å². The first kappa shape index (κ1) is 16.2. The number of halogens is 3. The highest BCUT2D eigenvalue weighted by Crippen LogP contribution is 2.43. The fourth-order valence-electron chi connectivity index (χ4n) is 2.75. The number of hydrogen-bond donors (Lipinski definition) is 1. The van der Waals surface area contributed by atoms with Crippen molar-refractivity contribution in [3.63, 3.8) is 0 Å². The number of methoxy groups -OCH3 is 1. The fraction of sp³-hybridized carbons (Fsp3) is 0.333. The molecule has 2 aromatic rings. The van der Waals surface area contributed by atoms with Gasteiger partial charge in [-0.3, -0.25) is 0 Å². The van der Waals surface area contributed by atoms with Gasteiger partial charge in [-0.2, -0.15) is 18.3 Å². The number of nitrogens with zero attached hydrogens (tertiary/aromatic N) is 2. The van der Waals surface area contributed by atoms with E-state index in [0.29, 0.717) is 16.0 Å². The molecule has 3 rings (SSSR count). The molecule has 6 nitrogen and oxygen atoms in total. The number of carbonyl (C=O) groups is 1. The summed E-state index contributed by atoms with van der Waals surface area (Å²) in [5, 5.41) is 17.3. The van der Waals surface area contributed by atoms with Crippen molar-refractivity contribution in [3.05, 3.63) is 41.6 Å². The van der Waals surface area contributed by atoms with Crippen LogP contribution in [0.4, 0.5) is 19.0 Å². The number of alkyl halides is 3. The van der Waals surface area contributed by atoms with Gasteiger partial charge in [-0.1, -0.05) is 12.1 Å². The molecule has 0 fully saturated rings. The lowest BCUT2D eigenvalue weighted by Crippen LogP contribution is -2.35. The van der Waals surface area contributed by atoms with Crippen LogP contribution in [-0.2, 0) is 0 Å². The zero-order chi connectivity index (χ0) is 17.5. The maximum Gasteiger partial charge on any atom is 0.410 e. The van der Waals surface area contributed by atoms with Crippen LogP contribution in [0.3, 0.4) is 0 Å². The maximum atomic E-state index is 13.4. The van der Waals surface area contributed by atoms with Crippen LogP contribution < -0.4 is 15.2 Å². The molecular formula is C15H13F3N3O3-. The third-order valence-electron chi connectivity index (χ3n) is 3.90. The number of fused-ring (bicyclic) bond motifs is 1. The van der Waals surface area contributed by atoms with Crippen LogP contribution >= 0.6 is 0 Å².